The topological polar surface area (TPSA) is 92.6 Å². The predicted octanol–water partition coefficient (Wildman–Crippen LogP) is 4.60. The van der Waals surface area contributed by atoms with E-state index < -0.39 is 16.7 Å². The monoisotopic (exact) mass is 427 g/mol. The summed E-state index contributed by atoms with van der Waals surface area (Å²) in [6, 6.07) is 20.7. The predicted molar refractivity (Wildman–Crippen MR) is 122 cm³/mol. The lowest BCUT2D eigenvalue weighted by molar-refractivity contribution is -0.384. The Hall–Kier alpha value is -4.26. The molecule has 0 bridgehead atoms. The van der Waals surface area contributed by atoms with Crippen LogP contribution in [0.4, 0.5) is 11.4 Å². The molecular weight excluding hydrogens is 406 g/mol. The molecule has 0 atom stereocenters. The second-order valence-electron chi connectivity index (χ2n) is 7.74. The van der Waals surface area contributed by atoms with Crippen molar-refractivity contribution < 1.29 is 14.5 Å². The van der Waals surface area contributed by atoms with Gasteiger partial charge in [-0.25, -0.2) is 0 Å². The largest absolute Gasteiger partial charge is 0.350 e. The Morgan fingerprint density at radius 3 is 2.09 bits per heavy atom. The van der Waals surface area contributed by atoms with Crippen LogP contribution in [0.3, 0.4) is 0 Å². The van der Waals surface area contributed by atoms with E-state index in [0.717, 1.165) is 16.7 Å². The maximum absolute atomic E-state index is 13.3. The number of benzene rings is 3. The van der Waals surface area contributed by atoms with E-state index in [0.29, 0.717) is 11.3 Å². The minimum atomic E-state index is -0.504. The summed E-state index contributed by atoms with van der Waals surface area (Å²) in [6.07, 6.45) is 0. The molecule has 7 nitrogen and oxygen atoms in total. The molecule has 2 amide bonds. The van der Waals surface area contributed by atoms with Crippen molar-refractivity contribution in [1.29, 1.82) is 0 Å². The Bertz CT molecular complexity index is 1230. The number of aryl methyl sites for hydroxylation is 2. The minimum Gasteiger partial charge on any atom is -0.350 e. The number of hydrogen-bond acceptors (Lipinski definition) is 5. The van der Waals surface area contributed by atoms with E-state index in [-0.39, 0.29) is 23.5 Å². The number of nitro benzene ring substituents is 1. The Morgan fingerprint density at radius 2 is 1.50 bits per heavy atom. The highest BCUT2D eigenvalue weighted by atomic mass is 16.6. The number of nitrogens with one attached hydrogen (secondary N) is 1. The van der Waals surface area contributed by atoms with Crippen molar-refractivity contribution in [2.45, 2.75) is 20.4 Å². The molecule has 0 unspecified atom stereocenters. The van der Waals surface area contributed by atoms with Crippen LogP contribution in [0.15, 0.2) is 78.5 Å². The third-order valence-corrected chi connectivity index (χ3v) is 5.21. The zero-order chi connectivity index (χ0) is 22.8. The van der Waals surface area contributed by atoms with Crippen molar-refractivity contribution in [2.75, 3.05) is 5.32 Å². The summed E-state index contributed by atoms with van der Waals surface area (Å²) in [7, 11) is 0. The Kier molecular flexibility index (Phi) is 5.55. The highest BCUT2D eigenvalue weighted by molar-refractivity contribution is 6.36. The first-order chi connectivity index (χ1) is 15.3. The Balaban J connectivity index is 1.77. The number of imide groups is 1. The van der Waals surface area contributed by atoms with Crippen LogP contribution in [-0.2, 0) is 16.1 Å². The maximum atomic E-state index is 13.3. The maximum Gasteiger partial charge on any atom is 0.278 e. The van der Waals surface area contributed by atoms with Crippen LogP contribution in [0.25, 0.3) is 5.57 Å². The number of carbonyl (C=O) groups excluding carboxylic acids is 2. The van der Waals surface area contributed by atoms with Crippen LogP contribution in [0.1, 0.15) is 22.3 Å². The lowest BCUT2D eigenvalue weighted by Gasteiger charge is -2.15. The molecule has 1 N–H and O–H groups in total. The molecule has 7 heteroatoms. The molecule has 0 radical (unpaired) electrons. The number of anilines is 1. The van der Waals surface area contributed by atoms with Gasteiger partial charge in [0.05, 0.1) is 17.0 Å². The van der Waals surface area contributed by atoms with Gasteiger partial charge in [0.2, 0.25) is 0 Å². The van der Waals surface area contributed by atoms with Gasteiger partial charge in [0, 0.05) is 17.8 Å². The zero-order valence-corrected chi connectivity index (χ0v) is 17.7. The van der Waals surface area contributed by atoms with Gasteiger partial charge >= 0.3 is 0 Å². The minimum absolute atomic E-state index is 0.0870. The number of nitrogens with zero attached hydrogens (tertiary/aromatic N) is 2. The second kappa shape index (κ2) is 8.47. The molecule has 4 rings (SSSR count). The van der Waals surface area contributed by atoms with E-state index in [1.807, 2.05) is 62.4 Å². The molecule has 0 aromatic heterocycles. The smallest absolute Gasteiger partial charge is 0.278 e. The molecule has 0 aliphatic carbocycles. The van der Waals surface area contributed by atoms with Crippen molar-refractivity contribution in [3.63, 3.8) is 0 Å². The molecule has 160 valence electrons. The molecule has 0 saturated heterocycles. The molecule has 1 aliphatic heterocycles. The fourth-order valence-corrected chi connectivity index (χ4v) is 3.81. The Morgan fingerprint density at radius 1 is 0.875 bits per heavy atom. The fourth-order valence-electron chi connectivity index (χ4n) is 3.81. The lowest BCUT2D eigenvalue weighted by atomic mass is 10.0. The van der Waals surface area contributed by atoms with Crippen molar-refractivity contribution >= 4 is 28.8 Å². The van der Waals surface area contributed by atoms with E-state index in [4.69, 9.17) is 0 Å². The molecule has 1 heterocycles. The molecule has 0 spiro atoms. The number of carbonyl (C=O) groups is 2. The third-order valence-electron chi connectivity index (χ3n) is 5.21. The first kappa shape index (κ1) is 21.0. The third kappa shape index (κ3) is 4.13. The number of amides is 2. The summed E-state index contributed by atoms with van der Waals surface area (Å²) < 4.78 is 0. The second-order valence-corrected chi connectivity index (χ2v) is 7.74. The van der Waals surface area contributed by atoms with E-state index >= 15 is 0 Å². The molecular formula is C25H21N3O4. The summed E-state index contributed by atoms with van der Waals surface area (Å²) in [6.45, 7) is 4.03. The summed E-state index contributed by atoms with van der Waals surface area (Å²) >= 11 is 0. The normalized spacial score (nSPS) is 13.6. The van der Waals surface area contributed by atoms with Crippen LogP contribution in [0.5, 0.6) is 0 Å². The van der Waals surface area contributed by atoms with Crippen LogP contribution < -0.4 is 5.32 Å². The molecule has 0 saturated carbocycles. The number of hydrogen-bond donors (Lipinski definition) is 1. The number of nitro groups is 1. The van der Waals surface area contributed by atoms with Gasteiger partial charge in [-0.3, -0.25) is 24.6 Å². The van der Waals surface area contributed by atoms with Gasteiger partial charge < -0.3 is 5.32 Å². The van der Waals surface area contributed by atoms with E-state index in [9.17, 15) is 19.7 Å². The lowest BCUT2D eigenvalue weighted by Crippen LogP contribution is -2.32. The fraction of sp³-hybridized carbons (Fsp3) is 0.120. The first-order valence-electron chi connectivity index (χ1n) is 10.1. The van der Waals surface area contributed by atoms with Gasteiger partial charge in [0.15, 0.2) is 0 Å². The number of rotatable bonds is 6. The van der Waals surface area contributed by atoms with Gasteiger partial charge in [0.1, 0.15) is 5.70 Å². The van der Waals surface area contributed by atoms with Gasteiger partial charge in [0.25, 0.3) is 17.5 Å². The summed E-state index contributed by atoms with van der Waals surface area (Å²) in [5.41, 5.74) is 4.26. The van der Waals surface area contributed by atoms with Gasteiger partial charge in [-0.05, 0) is 60.4 Å². The van der Waals surface area contributed by atoms with Gasteiger partial charge in [-0.2, -0.15) is 0 Å². The van der Waals surface area contributed by atoms with Gasteiger partial charge in [-0.15, -0.1) is 0 Å². The van der Waals surface area contributed by atoms with Crippen LogP contribution in [0, 0.1) is 24.0 Å². The summed E-state index contributed by atoms with van der Waals surface area (Å²) in [5, 5.41) is 14.2. The van der Waals surface area contributed by atoms with Crippen molar-refractivity contribution in [2.24, 2.45) is 0 Å². The van der Waals surface area contributed by atoms with E-state index in [1.54, 1.807) is 0 Å². The quantitative estimate of drug-likeness (QED) is 0.352. The molecule has 3 aromatic rings. The standard InChI is InChI=1S/C25H21N3O4/c1-16-12-17(2)14-20(13-16)26-23-22(19-8-10-21(11-9-19)28(31)32)24(29)27(25(23)30)15-18-6-4-3-5-7-18/h3-14,26H,15H2,1-2H3. The summed E-state index contributed by atoms with van der Waals surface area (Å²) in [4.78, 5) is 38.4. The van der Waals surface area contributed by atoms with Gasteiger partial charge in [-0.1, -0.05) is 36.4 Å². The van der Waals surface area contributed by atoms with E-state index in [1.165, 1.54) is 29.2 Å². The average molecular weight is 427 g/mol. The molecule has 3 aromatic carbocycles. The van der Waals surface area contributed by atoms with Crippen molar-refractivity contribution in [3.8, 4) is 0 Å². The highest BCUT2D eigenvalue weighted by Crippen LogP contribution is 2.32. The number of non-ortho nitro benzene ring substituents is 1. The highest BCUT2D eigenvalue weighted by Gasteiger charge is 2.39. The van der Waals surface area contributed by atoms with E-state index in [2.05, 4.69) is 5.32 Å². The van der Waals surface area contributed by atoms with Crippen LogP contribution in [0.2, 0.25) is 0 Å². The zero-order valence-electron chi connectivity index (χ0n) is 17.7. The summed E-state index contributed by atoms with van der Waals surface area (Å²) in [5.74, 6) is -0.883. The average Bonchev–Trinajstić information content (AvgIpc) is 2.98. The van der Waals surface area contributed by atoms with Crippen LogP contribution in [-0.4, -0.2) is 21.6 Å². The van der Waals surface area contributed by atoms with Crippen molar-refractivity contribution in [3.05, 3.63) is 111 Å². The SMILES string of the molecule is Cc1cc(C)cc(NC2=C(c3ccc([N+](=O)[O-])cc3)C(=O)N(Cc3ccccc3)C2=O)c1. The molecule has 0 fully saturated rings. The van der Waals surface area contributed by atoms with Crippen LogP contribution >= 0.6 is 0 Å². The Labute approximate surface area is 185 Å². The first-order valence-corrected chi connectivity index (χ1v) is 10.1. The molecule has 1 aliphatic rings. The van der Waals surface area contributed by atoms with Crippen molar-refractivity contribution in [1.82, 2.24) is 4.90 Å². The molecule has 32 heavy (non-hydrogen) atoms.